The highest BCUT2D eigenvalue weighted by atomic mass is 16.3. The van der Waals surface area contributed by atoms with Gasteiger partial charge in [-0.15, -0.1) is 0 Å². The summed E-state index contributed by atoms with van der Waals surface area (Å²) < 4.78 is 4.95. The first-order valence-electron chi connectivity index (χ1n) is 5.21. The highest BCUT2D eigenvalue weighted by Crippen LogP contribution is 2.01. The van der Waals surface area contributed by atoms with Crippen LogP contribution in [0.1, 0.15) is 23.0 Å². The Labute approximate surface area is 99.0 Å². The van der Waals surface area contributed by atoms with E-state index in [4.69, 9.17) is 4.42 Å². The van der Waals surface area contributed by atoms with Crippen molar-refractivity contribution in [2.24, 2.45) is 5.10 Å². The summed E-state index contributed by atoms with van der Waals surface area (Å²) in [4.78, 5) is 11.5. The Morgan fingerprint density at radius 2 is 1.94 bits per heavy atom. The number of nitrogens with zero attached hydrogens (tertiary/aromatic N) is 1. The third-order valence-electron chi connectivity index (χ3n) is 2.26. The normalized spacial score (nSPS) is 11.2. The number of carbonyl (C=O) groups excluding carboxylic acids is 1. The van der Waals surface area contributed by atoms with Gasteiger partial charge in [0.1, 0.15) is 0 Å². The lowest BCUT2D eigenvalue weighted by atomic mass is 10.1. The van der Waals surface area contributed by atoms with Crippen LogP contribution in [-0.2, 0) is 0 Å². The molecule has 0 aliphatic carbocycles. The fourth-order valence-electron chi connectivity index (χ4n) is 1.34. The Bertz CT molecular complexity index is 516. The summed E-state index contributed by atoms with van der Waals surface area (Å²) in [6.07, 6.45) is 1.45. The van der Waals surface area contributed by atoms with E-state index in [0.717, 1.165) is 11.3 Å². The number of hydrazone groups is 1. The molecule has 0 fully saturated rings. The summed E-state index contributed by atoms with van der Waals surface area (Å²) in [6, 6.07) is 12.9. The molecule has 4 nitrogen and oxygen atoms in total. The van der Waals surface area contributed by atoms with E-state index >= 15 is 0 Å². The molecule has 0 atom stereocenters. The molecule has 2 rings (SSSR count). The van der Waals surface area contributed by atoms with Crippen molar-refractivity contribution < 1.29 is 9.21 Å². The van der Waals surface area contributed by atoms with Gasteiger partial charge in [0.25, 0.3) is 0 Å². The van der Waals surface area contributed by atoms with Crippen LogP contribution in [0.15, 0.2) is 58.2 Å². The highest BCUT2D eigenvalue weighted by molar-refractivity contribution is 6.00. The molecule has 0 spiro atoms. The zero-order chi connectivity index (χ0) is 12.1. The van der Waals surface area contributed by atoms with Crippen LogP contribution in [0.4, 0.5) is 0 Å². The van der Waals surface area contributed by atoms with Crippen molar-refractivity contribution in [3.63, 3.8) is 0 Å². The van der Waals surface area contributed by atoms with Gasteiger partial charge in [-0.1, -0.05) is 30.3 Å². The van der Waals surface area contributed by atoms with Gasteiger partial charge in [-0.05, 0) is 24.6 Å². The molecule has 2 aromatic rings. The van der Waals surface area contributed by atoms with Gasteiger partial charge in [0, 0.05) is 0 Å². The second-order valence-corrected chi connectivity index (χ2v) is 3.48. The Hall–Kier alpha value is -2.36. The molecule has 4 heteroatoms. The molecule has 17 heavy (non-hydrogen) atoms. The fraction of sp³-hybridized carbons (Fsp3) is 0.0769. The van der Waals surface area contributed by atoms with Crippen molar-refractivity contribution in [3.8, 4) is 0 Å². The summed E-state index contributed by atoms with van der Waals surface area (Å²) in [5.41, 5.74) is 4.14. The van der Waals surface area contributed by atoms with Gasteiger partial charge in [0.05, 0.1) is 12.0 Å². The van der Waals surface area contributed by atoms with Gasteiger partial charge in [0.15, 0.2) is 5.76 Å². The number of furan rings is 1. The minimum atomic E-state index is -0.356. The smallest absolute Gasteiger partial charge is 0.307 e. The lowest BCUT2D eigenvalue weighted by molar-refractivity contribution is 0.0927. The number of carbonyl (C=O) groups is 1. The van der Waals surface area contributed by atoms with Gasteiger partial charge in [-0.3, -0.25) is 4.79 Å². The first-order chi connectivity index (χ1) is 8.27. The van der Waals surface area contributed by atoms with Crippen LogP contribution in [0.5, 0.6) is 0 Å². The van der Waals surface area contributed by atoms with Crippen molar-refractivity contribution in [1.29, 1.82) is 0 Å². The van der Waals surface area contributed by atoms with Crippen LogP contribution in [0, 0.1) is 0 Å². The summed E-state index contributed by atoms with van der Waals surface area (Å²) in [5.74, 6) is -0.111. The SMILES string of the molecule is C/C(=N/NC(=O)c1ccco1)c1ccccc1. The van der Waals surface area contributed by atoms with Crippen LogP contribution in [0.25, 0.3) is 0 Å². The second kappa shape index (κ2) is 5.12. The van der Waals surface area contributed by atoms with Crippen molar-refractivity contribution >= 4 is 11.6 Å². The first-order valence-corrected chi connectivity index (χ1v) is 5.21. The van der Waals surface area contributed by atoms with E-state index in [1.54, 1.807) is 12.1 Å². The van der Waals surface area contributed by atoms with E-state index < -0.39 is 0 Å². The molecule has 1 aromatic heterocycles. The van der Waals surface area contributed by atoms with E-state index in [-0.39, 0.29) is 11.7 Å². The van der Waals surface area contributed by atoms with Crippen LogP contribution in [0.3, 0.4) is 0 Å². The average Bonchev–Trinajstić information content (AvgIpc) is 2.90. The monoisotopic (exact) mass is 228 g/mol. The first kappa shape index (κ1) is 11.1. The predicted molar refractivity (Wildman–Crippen MR) is 64.8 cm³/mol. The molecule has 1 heterocycles. The number of hydrogen-bond acceptors (Lipinski definition) is 3. The lowest BCUT2D eigenvalue weighted by Gasteiger charge is -2.00. The van der Waals surface area contributed by atoms with Gasteiger partial charge in [-0.25, -0.2) is 5.43 Å². The minimum Gasteiger partial charge on any atom is -0.459 e. The molecule has 0 saturated carbocycles. The molecule has 0 aliphatic rings. The molecule has 1 aromatic carbocycles. The van der Waals surface area contributed by atoms with Crippen molar-refractivity contribution in [2.75, 3.05) is 0 Å². The summed E-state index contributed by atoms with van der Waals surface area (Å²) in [7, 11) is 0. The van der Waals surface area contributed by atoms with Gasteiger partial charge in [-0.2, -0.15) is 5.10 Å². The third kappa shape index (κ3) is 2.81. The van der Waals surface area contributed by atoms with Crippen molar-refractivity contribution in [3.05, 3.63) is 60.1 Å². The predicted octanol–water partition coefficient (Wildman–Crippen LogP) is 2.43. The standard InChI is InChI=1S/C13H12N2O2/c1-10(11-6-3-2-4-7-11)14-15-13(16)12-8-5-9-17-12/h2-9H,1H3,(H,15,16)/b14-10-. The number of hydrogen-bond donors (Lipinski definition) is 1. The number of benzene rings is 1. The van der Waals surface area contributed by atoms with Crippen LogP contribution in [0.2, 0.25) is 0 Å². The molecule has 0 bridgehead atoms. The maximum absolute atomic E-state index is 11.5. The quantitative estimate of drug-likeness (QED) is 0.648. The fourth-order valence-corrected chi connectivity index (χ4v) is 1.34. The van der Waals surface area contributed by atoms with Crippen LogP contribution in [-0.4, -0.2) is 11.6 Å². The zero-order valence-electron chi connectivity index (χ0n) is 9.38. The summed E-state index contributed by atoms with van der Waals surface area (Å²) >= 11 is 0. The van der Waals surface area contributed by atoms with Crippen LogP contribution < -0.4 is 5.43 Å². The average molecular weight is 228 g/mol. The zero-order valence-corrected chi connectivity index (χ0v) is 9.38. The Morgan fingerprint density at radius 3 is 2.59 bits per heavy atom. The molecule has 1 N–H and O–H groups in total. The van der Waals surface area contributed by atoms with E-state index in [9.17, 15) is 4.79 Å². The topological polar surface area (TPSA) is 54.6 Å². The largest absolute Gasteiger partial charge is 0.459 e. The minimum absolute atomic E-state index is 0.245. The maximum Gasteiger partial charge on any atom is 0.307 e. The van der Waals surface area contributed by atoms with E-state index in [2.05, 4.69) is 10.5 Å². The Morgan fingerprint density at radius 1 is 1.18 bits per heavy atom. The maximum atomic E-state index is 11.5. The molecule has 0 saturated heterocycles. The molecule has 0 unspecified atom stereocenters. The van der Waals surface area contributed by atoms with Gasteiger partial charge >= 0.3 is 5.91 Å². The van der Waals surface area contributed by atoms with Crippen molar-refractivity contribution in [1.82, 2.24) is 5.43 Å². The highest BCUT2D eigenvalue weighted by Gasteiger charge is 2.06. The third-order valence-corrected chi connectivity index (χ3v) is 2.26. The number of amides is 1. The molecule has 0 aliphatic heterocycles. The van der Waals surface area contributed by atoms with E-state index in [0.29, 0.717) is 0 Å². The number of rotatable bonds is 3. The van der Waals surface area contributed by atoms with Crippen LogP contribution >= 0.6 is 0 Å². The lowest BCUT2D eigenvalue weighted by Crippen LogP contribution is -2.18. The Balaban J connectivity index is 2.04. The number of nitrogens with one attached hydrogen (secondary N) is 1. The molecule has 86 valence electrons. The second-order valence-electron chi connectivity index (χ2n) is 3.48. The van der Waals surface area contributed by atoms with Gasteiger partial charge < -0.3 is 4.42 Å². The van der Waals surface area contributed by atoms with E-state index in [1.807, 2.05) is 37.3 Å². The van der Waals surface area contributed by atoms with Gasteiger partial charge in [0.2, 0.25) is 0 Å². The molecule has 0 radical (unpaired) electrons. The summed E-state index contributed by atoms with van der Waals surface area (Å²) in [5, 5.41) is 4.01. The van der Waals surface area contributed by atoms with E-state index in [1.165, 1.54) is 6.26 Å². The summed E-state index contributed by atoms with van der Waals surface area (Å²) in [6.45, 7) is 1.83. The Kier molecular flexibility index (Phi) is 3.35. The molecular weight excluding hydrogens is 216 g/mol. The molecular formula is C13H12N2O2. The van der Waals surface area contributed by atoms with Crippen molar-refractivity contribution in [2.45, 2.75) is 6.92 Å². The molecule has 1 amide bonds.